The van der Waals surface area contributed by atoms with Gasteiger partial charge in [0.15, 0.2) is 0 Å². The fourth-order valence-electron chi connectivity index (χ4n) is 11.9. The monoisotopic (exact) mass is 699 g/mol. The minimum atomic E-state index is -1.54. The van der Waals surface area contributed by atoms with Crippen molar-refractivity contribution in [3.8, 4) is 5.75 Å². The number of carbonyl (C=O) groups is 1. The molecule has 1 aliphatic carbocycles. The molecule has 4 aliphatic heterocycles. The van der Waals surface area contributed by atoms with Crippen molar-refractivity contribution in [2.24, 2.45) is 11.3 Å². The Kier molecular flexibility index (Phi) is 8.20. The van der Waals surface area contributed by atoms with Crippen molar-refractivity contribution in [2.45, 2.75) is 100 Å². The fourth-order valence-corrected chi connectivity index (χ4v) is 11.9. The molecule has 1 aromatic heterocycles. The molecule has 1 saturated carbocycles. The molecule has 5 heterocycles. The van der Waals surface area contributed by atoms with Crippen LogP contribution in [0.4, 0.5) is 5.69 Å². The Morgan fingerprint density at radius 2 is 1.90 bits per heavy atom. The van der Waals surface area contributed by atoms with Crippen LogP contribution in [0.2, 0.25) is 0 Å². The van der Waals surface area contributed by atoms with Crippen LogP contribution in [0.1, 0.15) is 75.3 Å². The van der Waals surface area contributed by atoms with Gasteiger partial charge in [0.1, 0.15) is 29.4 Å². The van der Waals surface area contributed by atoms with Crippen molar-refractivity contribution >= 4 is 22.6 Å². The number of aliphatic carboxylic acids is 1. The van der Waals surface area contributed by atoms with E-state index in [0.29, 0.717) is 55.8 Å². The van der Waals surface area contributed by atoms with Gasteiger partial charge in [0, 0.05) is 70.8 Å². The zero-order valence-corrected chi connectivity index (χ0v) is 30.7. The van der Waals surface area contributed by atoms with Crippen molar-refractivity contribution in [3.05, 3.63) is 70.9 Å². The van der Waals surface area contributed by atoms with Crippen LogP contribution in [0.3, 0.4) is 0 Å². The first kappa shape index (κ1) is 34.7. The highest BCUT2D eigenvalue weighted by Crippen LogP contribution is 2.65. The molecule has 3 aromatic rings. The van der Waals surface area contributed by atoms with Gasteiger partial charge < -0.3 is 40.4 Å². The van der Waals surface area contributed by atoms with Gasteiger partial charge in [-0.05, 0) is 67.8 Å². The minimum Gasteiger partial charge on any atom is -0.496 e. The topological polar surface area (TPSA) is 146 Å². The first-order valence-corrected chi connectivity index (χ1v) is 19.0. The summed E-state index contributed by atoms with van der Waals surface area (Å²) in [6.07, 6.45) is 5.74. The number of carboxylic acids is 1. The molecule has 2 aromatic carbocycles. The fraction of sp³-hybridized carbons (Fsp3) is 0.585. The number of para-hydroxylation sites is 1. The normalized spacial score (nSPS) is 37.7. The van der Waals surface area contributed by atoms with Gasteiger partial charge in [-0.25, -0.2) is 0 Å². The van der Waals surface area contributed by atoms with Crippen molar-refractivity contribution in [1.29, 1.82) is 0 Å². The molecular formula is C41H55N4O6+. The lowest BCUT2D eigenvalue weighted by atomic mass is 9.51. The summed E-state index contributed by atoms with van der Waals surface area (Å²) < 4.78 is 6.22. The average molecular weight is 700 g/mol. The zero-order valence-electron chi connectivity index (χ0n) is 30.7. The first-order chi connectivity index (χ1) is 24.4. The highest BCUT2D eigenvalue weighted by molar-refractivity contribution is 5.93. The molecule has 2 fully saturated rings. The smallest absolute Gasteiger partial charge is 0.320 e. The first-order valence-electron chi connectivity index (χ1n) is 19.0. The molecular weight excluding hydrogens is 644 g/mol. The number of anilines is 1. The summed E-state index contributed by atoms with van der Waals surface area (Å²) in [4.78, 5) is 22.7. The lowest BCUT2D eigenvalue weighted by Gasteiger charge is -2.60. The molecule has 0 bridgehead atoms. The molecule has 1 spiro atoms. The molecule has 1 saturated heterocycles. The number of hydrogen-bond donors (Lipinski definition) is 6. The third kappa shape index (κ3) is 4.56. The summed E-state index contributed by atoms with van der Waals surface area (Å²) in [5.41, 5.74) is 1.42. The number of aliphatic hydroxyl groups excluding tert-OH is 2. The maximum Gasteiger partial charge on any atom is 0.320 e. The lowest BCUT2D eigenvalue weighted by molar-refractivity contribution is -0.667. The van der Waals surface area contributed by atoms with Gasteiger partial charge >= 0.3 is 5.97 Å². The highest BCUT2D eigenvalue weighted by atomic mass is 16.5. The number of likely N-dealkylation sites (N-methyl/N-ethyl adjacent to an activating group) is 1. The summed E-state index contributed by atoms with van der Waals surface area (Å²) in [6.45, 7) is 9.04. The van der Waals surface area contributed by atoms with Gasteiger partial charge in [-0.15, -0.1) is 0 Å². The largest absolute Gasteiger partial charge is 0.496 e. The van der Waals surface area contributed by atoms with E-state index in [4.69, 9.17) is 4.74 Å². The van der Waals surface area contributed by atoms with Crippen LogP contribution < -0.4 is 15.0 Å². The summed E-state index contributed by atoms with van der Waals surface area (Å²) in [5.74, 6) is -0.634. The molecule has 51 heavy (non-hydrogen) atoms. The number of aromatic nitrogens is 1. The number of ether oxygens (including phenoxy) is 1. The van der Waals surface area contributed by atoms with Gasteiger partial charge in [0.2, 0.25) is 0 Å². The van der Waals surface area contributed by atoms with E-state index >= 15 is 0 Å². The van der Waals surface area contributed by atoms with E-state index in [1.165, 1.54) is 0 Å². The maximum absolute atomic E-state index is 14.5. The van der Waals surface area contributed by atoms with Crippen LogP contribution in [0.5, 0.6) is 5.75 Å². The van der Waals surface area contributed by atoms with Crippen LogP contribution in [-0.4, -0.2) is 107 Å². The number of carboxylic acid groups (broad SMARTS) is 1. The number of fused-ring (bicyclic) bond motifs is 4. The van der Waals surface area contributed by atoms with E-state index in [1.54, 1.807) is 7.11 Å². The highest BCUT2D eigenvalue weighted by Gasteiger charge is 2.72. The Morgan fingerprint density at radius 1 is 1.12 bits per heavy atom. The summed E-state index contributed by atoms with van der Waals surface area (Å²) in [7, 11) is 3.60. The number of H-pyrrole nitrogens is 1. The Morgan fingerprint density at radius 3 is 2.63 bits per heavy atom. The van der Waals surface area contributed by atoms with Crippen LogP contribution in [0, 0.1) is 11.3 Å². The quantitative estimate of drug-likeness (QED) is 0.223. The molecule has 7 N–H and O–H groups in total. The Labute approximate surface area is 300 Å². The van der Waals surface area contributed by atoms with E-state index in [9.17, 15) is 25.2 Å². The van der Waals surface area contributed by atoms with E-state index in [0.717, 1.165) is 47.2 Å². The second-order valence-electron chi connectivity index (χ2n) is 16.5. The van der Waals surface area contributed by atoms with Crippen molar-refractivity contribution in [2.75, 3.05) is 45.2 Å². The van der Waals surface area contributed by atoms with Crippen molar-refractivity contribution < 1.29 is 35.3 Å². The van der Waals surface area contributed by atoms with Gasteiger partial charge in [0.05, 0.1) is 25.8 Å². The van der Waals surface area contributed by atoms with Crippen LogP contribution in [0.15, 0.2) is 48.6 Å². The Bertz CT molecular complexity index is 1890. The van der Waals surface area contributed by atoms with Crippen molar-refractivity contribution in [1.82, 2.24) is 9.88 Å². The number of nitrogens with two attached hydrogens (primary N) is 1. The number of nitrogens with one attached hydrogen (secondary N) is 1. The van der Waals surface area contributed by atoms with Crippen LogP contribution in [0.25, 0.3) is 10.9 Å². The summed E-state index contributed by atoms with van der Waals surface area (Å²) in [5, 5.41) is 50.8. The molecule has 5 aliphatic rings. The van der Waals surface area contributed by atoms with Gasteiger partial charge in [-0.3, -0.25) is 9.69 Å². The predicted molar refractivity (Wildman–Crippen MR) is 196 cm³/mol. The second kappa shape index (κ2) is 12.1. The molecule has 274 valence electrons. The molecule has 8 rings (SSSR count). The number of aliphatic hydroxyl groups is 3. The van der Waals surface area contributed by atoms with E-state index < -0.39 is 46.1 Å². The molecule has 10 heteroatoms. The van der Waals surface area contributed by atoms with Crippen LogP contribution >= 0.6 is 0 Å². The van der Waals surface area contributed by atoms with Gasteiger partial charge in [-0.2, -0.15) is 0 Å². The van der Waals surface area contributed by atoms with E-state index in [1.807, 2.05) is 38.2 Å². The zero-order chi connectivity index (χ0) is 36.1. The molecule has 10 nitrogen and oxygen atoms in total. The second-order valence-corrected chi connectivity index (χ2v) is 16.5. The molecule has 0 radical (unpaired) electrons. The van der Waals surface area contributed by atoms with Gasteiger partial charge in [-0.1, -0.05) is 51.1 Å². The maximum atomic E-state index is 14.5. The molecule has 9 unspecified atom stereocenters. The van der Waals surface area contributed by atoms with Gasteiger partial charge in [0.25, 0.3) is 0 Å². The summed E-state index contributed by atoms with van der Waals surface area (Å²) in [6, 6.07) is 11.7. The number of quaternary nitrogens is 1. The van der Waals surface area contributed by atoms with E-state index in [2.05, 4.69) is 58.2 Å². The summed E-state index contributed by atoms with van der Waals surface area (Å²) >= 11 is 0. The minimum absolute atomic E-state index is 0.0701. The van der Waals surface area contributed by atoms with Crippen molar-refractivity contribution in [3.63, 3.8) is 0 Å². The predicted octanol–water partition coefficient (Wildman–Crippen LogP) is 3.06. The Hall–Kier alpha value is -3.41. The number of hydrogen-bond acceptors (Lipinski definition) is 7. The van der Waals surface area contributed by atoms with E-state index in [-0.39, 0.29) is 18.4 Å². The number of nitrogens with zero attached hydrogens (tertiary/aromatic N) is 2. The molecule has 0 amide bonds. The Balaban J connectivity index is 1.42. The number of methoxy groups -OCH3 is 1. The standard InChI is InChI=1S/C41H54N4O6/c1-6-38(50)21-24(3)22-41(37(48)49,33-26(13-16-42-23-38)25-11-8-9-12-29(25)43-33)28-19-27-30(20-31(28)51-5)44(4)34-32(46)35(47)39(7-2)14-10-17-45-18-15-40(27,34)36(39)45/h8-12,14,19-20,24,32,34-36,42-43,46-47,50H,6-7,13,15-18,21-23H2,1-5H3,(H,48,49)/p+1. The average Bonchev–Trinajstić information content (AvgIpc) is 3.77. The third-order valence-electron chi connectivity index (χ3n) is 14.1. The SMILES string of the molecule is CCC1(O)C[NH2+]CCc2c([nH]c3ccccc23)C(C(=O)O)(c2cc3c(cc2OC)N(C)C2C(O)C(O)C4(CC)C=CCN5CCC32C54)CC(C)C1. The lowest BCUT2D eigenvalue weighted by Crippen LogP contribution is -2.88. The number of rotatable bonds is 5. The molecule has 9 atom stereocenters. The number of aromatic amines is 1. The third-order valence-corrected chi connectivity index (χ3v) is 14.1. The van der Waals surface area contributed by atoms with Crippen LogP contribution in [-0.2, 0) is 22.0 Å². The number of benzene rings is 2.